The van der Waals surface area contributed by atoms with Gasteiger partial charge in [-0.3, -0.25) is 4.79 Å². The Morgan fingerprint density at radius 3 is 2.54 bits per heavy atom. The van der Waals surface area contributed by atoms with Crippen molar-refractivity contribution in [2.75, 3.05) is 0 Å². The predicted molar refractivity (Wildman–Crippen MR) is 109 cm³/mol. The van der Waals surface area contributed by atoms with E-state index in [1.807, 2.05) is 33.0 Å². The normalized spacial score (nSPS) is 11.7. The van der Waals surface area contributed by atoms with Gasteiger partial charge in [0.15, 0.2) is 5.78 Å². The van der Waals surface area contributed by atoms with E-state index in [-0.39, 0.29) is 17.5 Å². The second-order valence-corrected chi connectivity index (χ2v) is 7.55. The number of carbonyl (C=O) groups excluding carboxylic acids is 1. The largest absolute Gasteiger partial charge is 0.507 e. The minimum Gasteiger partial charge on any atom is -0.507 e. The number of fused-ring (bicyclic) bond motifs is 3. The summed E-state index contributed by atoms with van der Waals surface area (Å²) in [6, 6.07) is 10.0. The zero-order valence-corrected chi connectivity index (χ0v) is 16.3. The SMILES string of the molecule is CCCCCCc1c(C(=O)C(C)C)c(O)cc2c1c1ccccc1n2C. The maximum Gasteiger partial charge on any atom is 0.169 e. The number of hydrogen-bond donors (Lipinski definition) is 1. The second-order valence-electron chi connectivity index (χ2n) is 7.55. The molecule has 1 N–H and O–H groups in total. The topological polar surface area (TPSA) is 42.2 Å². The first-order valence-corrected chi connectivity index (χ1v) is 9.73. The van der Waals surface area contributed by atoms with Crippen molar-refractivity contribution in [2.45, 2.75) is 52.9 Å². The van der Waals surface area contributed by atoms with E-state index in [0.717, 1.165) is 46.6 Å². The van der Waals surface area contributed by atoms with E-state index in [1.165, 1.54) is 12.8 Å². The van der Waals surface area contributed by atoms with E-state index in [1.54, 1.807) is 6.07 Å². The number of Topliss-reactive ketones (excluding diaryl/α,β-unsaturated/α-hetero) is 1. The van der Waals surface area contributed by atoms with Crippen molar-refractivity contribution >= 4 is 27.6 Å². The van der Waals surface area contributed by atoms with Crippen molar-refractivity contribution in [3.63, 3.8) is 0 Å². The Balaban J connectivity index is 2.29. The summed E-state index contributed by atoms with van der Waals surface area (Å²) in [7, 11) is 2.02. The Morgan fingerprint density at radius 1 is 1.12 bits per heavy atom. The third-order valence-corrected chi connectivity index (χ3v) is 5.34. The van der Waals surface area contributed by atoms with Crippen LogP contribution < -0.4 is 0 Å². The fraction of sp³-hybridized carbons (Fsp3) is 0.435. The molecular formula is C23H29NO2. The van der Waals surface area contributed by atoms with Crippen LogP contribution in [0.3, 0.4) is 0 Å². The number of aryl methyl sites for hydroxylation is 2. The molecule has 0 spiro atoms. The van der Waals surface area contributed by atoms with Crippen molar-refractivity contribution in [1.82, 2.24) is 4.57 Å². The molecule has 0 saturated heterocycles. The summed E-state index contributed by atoms with van der Waals surface area (Å²) in [4.78, 5) is 12.9. The summed E-state index contributed by atoms with van der Waals surface area (Å²) < 4.78 is 2.11. The first kappa shape index (κ1) is 18.5. The third-order valence-electron chi connectivity index (χ3n) is 5.34. The monoisotopic (exact) mass is 351 g/mol. The van der Waals surface area contributed by atoms with Gasteiger partial charge >= 0.3 is 0 Å². The van der Waals surface area contributed by atoms with E-state index in [2.05, 4.69) is 23.6 Å². The Kier molecular flexibility index (Phi) is 5.36. The van der Waals surface area contributed by atoms with Gasteiger partial charge in [0.05, 0.1) is 11.1 Å². The van der Waals surface area contributed by atoms with E-state index >= 15 is 0 Å². The predicted octanol–water partition coefficient (Wildman–Crippen LogP) is 6.00. The summed E-state index contributed by atoms with van der Waals surface area (Å²) in [5, 5.41) is 13.0. The van der Waals surface area contributed by atoms with Gasteiger partial charge < -0.3 is 9.67 Å². The van der Waals surface area contributed by atoms with Crippen molar-refractivity contribution in [1.29, 1.82) is 0 Å². The lowest BCUT2D eigenvalue weighted by atomic mass is 9.89. The Morgan fingerprint density at radius 2 is 1.85 bits per heavy atom. The number of aromatic nitrogens is 1. The number of hydrogen-bond acceptors (Lipinski definition) is 2. The van der Waals surface area contributed by atoms with Crippen LogP contribution in [0.4, 0.5) is 0 Å². The molecule has 138 valence electrons. The fourth-order valence-corrected chi connectivity index (χ4v) is 3.92. The standard InChI is InChI=1S/C23H29NO2/c1-5-6-7-8-12-17-21-16-11-9-10-13-18(16)24(4)19(21)14-20(25)22(17)23(26)15(2)3/h9-11,13-15,25H,5-8,12H2,1-4H3. The van der Waals surface area contributed by atoms with Crippen LogP contribution in [-0.4, -0.2) is 15.5 Å². The first-order valence-electron chi connectivity index (χ1n) is 9.73. The minimum absolute atomic E-state index is 0.0304. The highest BCUT2D eigenvalue weighted by atomic mass is 16.3. The molecule has 3 aromatic rings. The van der Waals surface area contributed by atoms with Gasteiger partial charge in [-0.1, -0.05) is 58.2 Å². The third kappa shape index (κ3) is 3.11. The summed E-state index contributed by atoms with van der Waals surface area (Å²) >= 11 is 0. The molecule has 0 aliphatic rings. The van der Waals surface area contributed by atoms with Gasteiger partial charge in [-0.05, 0) is 24.5 Å². The highest BCUT2D eigenvalue weighted by molar-refractivity contribution is 6.15. The average molecular weight is 351 g/mol. The lowest BCUT2D eigenvalue weighted by Gasteiger charge is -2.15. The number of benzene rings is 2. The molecule has 3 rings (SSSR count). The molecule has 1 heterocycles. The molecule has 0 aliphatic carbocycles. The summed E-state index contributed by atoms with van der Waals surface area (Å²) in [5.74, 6) is 0.0122. The molecule has 0 saturated carbocycles. The molecule has 2 aromatic carbocycles. The summed E-state index contributed by atoms with van der Waals surface area (Å²) in [5.41, 5.74) is 3.67. The fourth-order valence-electron chi connectivity index (χ4n) is 3.92. The van der Waals surface area contributed by atoms with Gasteiger partial charge in [0, 0.05) is 35.3 Å². The molecule has 0 unspecified atom stereocenters. The quantitative estimate of drug-likeness (QED) is 0.419. The summed E-state index contributed by atoms with van der Waals surface area (Å²) in [6.45, 7) is 6.00. The van der Waals surface area contributed by atoms with Crippen LogP contribution in [0.5, 0.6) is 5.75 Å². The number of carbonyl (C=O) groups is 1. The van der Waals surface area contributed by atoms with Gasteiger partial charge in [-0.2, -0.15) is 0 Å². The number of phenolic OH excluding ortho intramolecular Hbond substituents is 1. The number of aromatic hydroxyl groups is 1. The van der Waals surface area contributed by atoms with Crippen molar-refractivity contribution < 1.29 is 9.90 Å². The number of ketones is 1. The molecule has 26 heavy (non-hydrogen) atoms. The smallest absolute Gasteiger partial charge is 0.169 e. The average Bonchev–Trinajstić information content (AvgIpc) is 2.90. The van der Waals surface area contributed by atoms with E-state index in [9.17, 15) is 9.90 Å². The maximum absolute atomic E-state index is 12.9. The van der Waals surface area contributed by atoms with Gasteiger partial charge in [0.2, 0.25) is 0 Å². The zero-order chi connectivity index (χ0) is 18.8. The molecule has 0 radical (unpaired) electrons. The number of phenols is 1. The van der Waals surface area contributed by atoms with Crippen molar-refractivity contribution in [2.24, 2.45) is 13.0 Å². The van der Waals surface area contributed by atoms with Crippen molar-refractivity contribution in [3.05, 3.63) is 41.5 Å². The number of nitrogens with zero attached hydrogens (tertiary/aromatic N) is 1. The summed E-state index contributed by atoms with van der Waals surface area (Å²) in [6.07, 6.45) is 5.39. The van der Waals surface area contributed by atoms with Crippen LogP contribution in [0.25, 0.3) is 21.8 Å². The lowest BCUT2D eigenvalue weighted by Crippen LogP contribution is -2.11. The Hall–Kier alpha value is -2.29. The molecule has 0 amide bonds. The Bertz CT molecular complexity index is 950. The number of unbranched alkanes of at least 4 members (excludes halogenated alkanes) is 3. The van der Waals surface area contributed by atoms with Gasteiger partial charge in [0.1, 0.15) is 5.75 Å². The van der Waals surface area contributed by atoms with Crippen LogP contribution in [0, 0.1) is 5.92 Å². The molecule has 3 nitrogen and oxygen atoms in total. The van der Waals surface area contributed by atoms with Crippen LogP contribution in [-0.2, 0) is 13.5 Å². The zero-order valence-electron chi connectivity index (χ0n) is 16.3. The molecule has 0 atom stereocenters. The van der Waals surface area contributed by atoms with Crippen LogP contribution in [0.15, 0.2) is 30.3 Å². The van der Waals surface area contributed by atoms with Crippen LogP contribution in [0.1, 0.15) is 62.4 Å². The Labute approximate surface area is 155 Å². The molecule has 0 bridgehead atoms. The number of para-hydroxylation sites is 1. The molecule has 3 heteroatoms. The molecule has 0 fully saturated rings. The molecule has 1 aromatic heterocycles. The van der Waals surface area contributed by atoms with Gasteiger partial charge in [-0.25, -0.2) is 0 Å². The maximum atomic E-state index is 12.9. The van der Waals surface area contributed by atoms with E-state index in [4.69, 9.17) is 0 Å². The van der Waals surface area contributed by atoms with Crippen LogP contribution >= 0.6 is 0 Å². The highest BCUT2D eigenvalue weighted by Crippen LogP contribution is 2.38. The first-order chi connectivity index (χ1) is 12.5. The molecule has 0 aliphatic heterocycles. The minimum atomic E-state index is -0.136. The lowest BCUT2D eigenvalue weighted by molar-refractivity contribution is 0.0936. The van der Waals surface area contributed by atoms with Crippen LogP contribution in [0.2, 0.25) is 0 Å². The van der Waals surface area contributed by atoms with Gasteiger partial charge in [0.25, 0.3) is 0 Å². The number of rotatable bonds is 7. The van der Waals surface area contributed by atoms with E-state index < -0.39 is 0 Å². The second kappa shape index (κ2) is 7.53. The van der Waals surface area contributed by atoms with Gasteiger partial charge in [-0.15, -0.1) is 0 Å². The molecular weight excluding hydrogens is 322 g/mol. The van der Waals surface area contributed by atoms with Crippen molar-refractivity contribution in [3.8, 4) is 5.75 Å². The van der Waals surface area contributed by atoms with E-state index in [0.29, 0.717) is 5.56 Å². The highest BCUT2D eigenvalue weighted by Gasteiger charge is 2.24.